The van der Waals surface area contributed by atoms with Crippen molar-refractivity contribution in [2.45, 2.75) is 19.6 Å². The predicted octanol–water partition coefficient (Wildman–Crippen LogP) is 0.235. The number of rotatable bonds is 6. The quantitative estimate of drug-likeness (QED) is 0.686. The molecule has 0 saturated heterocycles. The van der Waals surface area contributed by atoms with Gasteiger partial charge in [0.05, 0.1) is 0 Å². The zero-order valence-electron chi connectivity index (χ0n) is 11.1. The van der Waals surface area contributed by atoms with Crippen LogP contribution < -0.4 is 16.4 Å². The summed E-state index contributed by atoms with van der Waals surface area (Å²) in [7, 11) is 1.44. The first-order valence-corrected chi connectivity index (χ1v) is 5.94. The molecule has 4 N–H and O–H groups in total. The van der Waals surface area contributed by atoms with Gasteiger partial charge in [-0.05, 0) is 17.7 Å². The first-order valence-electron chi connectivity index (χ1n) is 5.94. The Labute approximate surface area is 112 Å². The summed E-state index contributed by atoms with van der Waals surface area (Å²) in [5, 5.41) is 5.40. The van der Waals surface area contributed by atoms with Crippen LogP contribution in [0.1, 0.15) is 12.5 Å². The lowest BCUT2D eigenvalue weighted by Crippen LogP contribution is -2.40. The lowest BCUT2D eigenvalue weighted by atomic mass is 10.2. The third-order valence-electron chi connectivity index (χ3n) is 2.53. The molecular formula is C13H19N3O3. The minimum Gasteiger partial charge on any atom is -0.370 e. The zero-order chi connectivity index (χ0) is 14.3. The number of nitrogens with one attached hydrogen (secondary N) is 2. The molecule has 6 nitrogen and oxygen atoms in total. The van der Waals surface area contributed by atoms with Gasteiger partial charge in [-0.15, -0.1) is 0 Å². The van der Waals surface area contributed by atoms with E-state index < -0.39 is 6.10 Å². The highest BCUT2D eigenvalue weighted by atomic mass is 16.5. The summed E-state index contributed by atoms with van der Waals surface area (Å²) in [5.74, 6) is -0.358. The number of amides is 2. The summed E-state index contributed by atoms with van der Waals surface area (Å²) in [4.78, 5) is 22.5. The summed E-state index contributed by atoms with van der Waals surface area (Å²) < 4.78 is 4.93. The smallest absolute Gasteiger partial charge is 0.250 e. The third-order valence-corrected chi connectivity index (χ3v) is 2.53. The number of ether oxygens (including phenoxy) is 1. The van der Waals surface area contributed by atoms with Gasteiger partial charge in [-0.25, -0.2) is 0 Å². The number of benzene rings is 1. The van der Waals surface area contributed by atoms with E-state index in [0.29, 0.717) is 6.54 Å². The van der Waals surface area contributed by atoms with E-state index in [1.54, 1.807) is 12.1 Å². The predicted molar refractivity (Wildman–Crippen MR) is 72.4 cm³/mol. The van der Waals surface area contributed by atoms with E-state index >= 15 is 0 Å². The fraction of sp³-hybridized carbons (Fsp3) is 0.385. The second kappa shape index (κ2) is 7.50. The Morgan fingerprint density at radius 2 is 1.95 bits per heavy atom. The normalized spacial score (nSPS) is 11.7. The van der Waals surface area contributed by atoms with Gasteiger partial charge in [-0.3, -0.25) is 9.59 Å². The Morgan fingerprint density at radius 1 is 1.32 bits per heavy atom. The first-order chi connectivity index (χ1) is 9.06. The molecule has 2 amide bonds. The van der Waals surface area contributed by atoms with Crippen LogP contribution >= 0.6 is 0 Å². The van der Waals surface area contributed by atoms with E-state index in [2.05, 4.69) is 10.6 Å². The van der Waals surface area contributed by atoms with Crippen LogP contribution in [0, 0.1) is 0 Å². The molecule has 0 aliphatic carbocycles. The van der Waals surface area contributed by atoms with E-state index in [1.807, 2.05) is 12.1 Å². The molecule has 1 rings (SSSR count). The van der Waals surface area contributed by atoms with Crippen LogP contribution in [-0.4, -0.2) is 31.6 Å². The topological polar surface area (TPSA) is 93.4 Å². The van der Waals surface area contributed by atoms with Gasteiger partial charge in [-0.1, -0.05) is 12.1 Å². The van der Waals surface area contributed by atoms with Crippen molar-refractivity contribution in [2.24, 2.45) is 5.73 Å². The highest BCUT2D eigenvalue weighted by Gasteiger charge is 2.14. The van der Waals surface area contributed by atoms with Gasteiger partial charge >= 0.3 is 0 Å². The summed E-state index contributed by atoms with van der Waals surface area (Å²) in [5.41, 5.74) is 7.04. The highest BCUT2D eigenvalue weighted by Crippen LogP contribution is 2.09. The highest BCUT2D eigenvalue weighted by molar-refractivity contribution is 5.88. The molecular weight excluding hydrogens is 246 g/mol. The monoisotopic (exact) mass is 265 g/mol. The van der Waals surface area contributed by atoms with Gasteiger partial charge in [-0.2, -0.15) is 0 Å². The van der Waals surface area contributed by atoms with E-state index in [1.165, 1.54) is 14.0 Å². The molecule has 0 aromatic heterocycles. The number of anilines is 1. The van der Waals surface area contributed by atoms with E-state index in [-0.39, 0.29) is 18.4 Å². The number of nitrogens with two attached hydrogens (primary N) is 1. The van der Waals surface area contributed by atoms with Crippen LogP contribution in [0.25, 0.3) is 0 Å². The lowest BCUT2D eigenvalue weighted by Gasteiger charge is -2.13. The van der Waals surface area contributed by atoms with Crippen LogP contribution in [0.4, 0.5) is 5.69 Å². The van der Waals surface area contributed by atoms with Crippen LogP contribution in [-0.2, 0) is 20.9 Å². The van der Waals surface area contributed by atoms with Crippen molar-refractivity contribution in [3.05, 3.63) is 29.8 Å². The molecule has 19 heavy (non-hydrogen) atoms. The van der Waals surface area contributed by atoms with Crippen LogP contribution in [0.2, 0.25) is 0 Å². The van der Waals surface area contributed by atoms with Crippen LogP contribution in [0.5, 0.6) is 0 Å². The Balaban J connectivity index is 2.50. The van der Waals surface area contributed by atoms with Gasteiger partial charge < -0.3 is 21.1 Å². The molecule has 6 heteroatoms. The number of hydrogen-bond acceptors (Lipinski definition) is 4. The maximum absolute atomic E-state index is 11.6. The zero-order valence-corrected chi connectivity index (χ0v) is 11.1. The SMILES string of the molecule is COC(CN)C(=O)NCc1ccc(NC(C)=O)cc1. The minimum absolute atomic E-state index is 0.119. The molecule has 0 fully saturated rings. The fourth-order valence-corrected chi connectivity index (χ4v) is 1.52. The molecule has 1 aromatic rings. The second-order valence-electron chi connectivity index (χ2n) is 4.06. The standard InChI is InChI=1S/C13H19N3O3/c1-9(17)16-11-5-3-10(4-6-11)8-15-13(18)12(7-14)19-2/h3-6,12H,7-8,14H2,1-2H3,(H,15,18)(H,16,17). The number of carbonyl (C=O) groups excluding carboxylic acids is 2. The summed E-state index contributed by atoms with van der Waals surface area (Å²) in [6, 6.07) is 7.21. The molecule has 104 valence electrons. The average molecular weight is 265 g/mol. The average Bonchev–Trinajstić information content (AvgIpc) is 2.38. The number of carbonyl (C=O) groups is 2. The molecule has 0 heterocycles. The molecule has 0 saturated carbocycles. The van der Waals surface area contributed by atoms with Crippen molar-refractivity contribution < 1.29 is 14.3 Å². The van der Waals surface area contributed by atoms with Crippen LogP contribution in [0.3, 0.4) is 0 Å². The number of hydrogen-bond donors (Lipinski definition) is 3. The minimum atomic E-state index is -0.626. The van der Waals surface area contributed by atoms with Crippen molar-refractivity contribution in [2.75, 3.05) is 19.0 Å². The van der Waals surface area contributed by atoms with Crippen molar-refractivity contribution in [3.63, 3.8) is 0 Å². The number of methoxy groups -OCH3 is 1. The van der Waals surface area contributed by atoms with Gasteiger partial charge in [0.15, 0.2) is 0 Å². The van der Waals surface area contributed by atoms with Gasteiger partial charge in [0.1, 0.15) is 6.10 Å². The molecule has 0 radical (unpaired) electrons. The van der Waals surface area contributed by atoms with Crippen LogP contribution in [0.15, 0.2) is 24.3 Å². The van der Waals surface area contributed by atoms with Gasteiger partial charge in [0, 0.05) is 32.8 Å². The Bertz CT molecular complexity index is 427. The summed E-state index contributed by atoms with van der Waals surface area (Å²) in [6.45, 7) is 1.98. The maximum Gasteiger partial charge on any atom is 0.250 e. The largest absolute Gasteiger partial charge is 0.370 e. The molecule has 0 spiro atoms. The van der Waals surface area contributed by atoms with Gasteiger partial charge in [0.25, 0.3) is 5.91 Å². The lowest BCUT2D eigenvalue weighted by molar-refractivity contribution is -0.130. The van der Waals surface area contributed by atoms with Crippen molar-refractivity contribution in [3.8, 4) is 0 Å². The summed E-state index contributed by atoms with van der Waals surface area (Å²) in [6.07, 6.45) is -0.626. The fourth-order valence-electron chi connectivity index (χ4n) is 1.52. The molecule has 0 aliphatic rings. The van der Waals surface area contributed by atoms with E-state index in [4.69, 9.17) is 10.5 Å². The molecule has 1 atom stereocenters. The Kier molecular flexibility index (Phi) is 5.98. The Morgan fingerprint density at radius 3 is 2.42 bits per heavy atom. The van der Waals surface area contributed by atoms with Gasteiger partial charge in [0.2, 0.25) is 5.91 Å². The van der Waals surface area contributed by atoms with Crippen molar-refractivity contribution >= 4 is 17.5 Å². The Hall–Kier alpha value is -1.92. The van der Waals surface area contributed by atoms with Crippen molar-refractivity contribution in [1.82, 2.24) is 5.32 Å². The molecule has 1 aromatic carbocycles. The van der Waals surface area contributed by atoms with Crippen molar-refractivity contribution in [1.29, 1.82) is 0 Å². The van der Waals surface area contributed by atoms with E-state index in [9.17, 15) is 9.59 Å². The summed E-state index contributed by atoms with van der Waals surface area (Å²) >= 11 is 0. The van der Waals surface area contributed by atoms with E-state index in [0.717, 1.165) is 11.3 Å². The molecule has 1 unspecified atom stereocenters. The maximum atomic E-state index is 11.6. The third kappa shape index (κ3) is 5.07. The molecule has 0 aliphatic heterocycles. The molecule has 0 bridgehead atoms. The first kappa shape index (κ1) is 15.1. The second-order valence-corrected chi connectivity index (χ2v) is 4.06.